The van der Waals surface area contributed by atoms with Gasteiger partial charge in [-0.05, 0) is 33.1 Å². The van der Waals surface area contributed by atoms with Crippen molar-refractivity contribution in [2.75, 3.05) is 0 Å². The zero-order valence-electron chi connectivity index (χ0n) is 9.08. The fourth-order valence-electron chi connectivity index (χ4n) is 2.32. The summed E-state index contributed by atoms with van der Waals surface area (Å²) >= 11 is 9.90. The van der Waals surface area contributed by atoms with Crippen molar-refractivity contribution in [3.8, 4) is 0 Å². The second kappa shape index (κ2) is 4.46. The molecule has 2 nitrogen and oxygen atoms in total. The molecular formula is C11H16BrClN2. The average molecular weight is 292 g/mol. The van der Waals surface area contributed by atoms with E-state index < -0.39 is 0 Å². The molecule has 15 heavy (non-hydrogen) atoms. The Kier molecular flexibility index (Phi) is 3.41. The molecule has 0 amide bonds. The van der Waals surface area contributed by atoms with E-state index in [1.165, 1.54) is 25.0 Å². The molecule has 1 aromatic heterocycles. The molecule has 84 valence electrons. The highest BCUT2D eigenvalue weighted by Crippen LogP contribution is 2.41. The molecule has 0 aliphatic heterocycles. The molecule has 2 rings (SSSR count). The average Bonchev–Trinajstić information content (AvgIpc) is 2.71. The third-order valence-corrected chi connectivity index (χ3v) is 4.15. The minimum atomic E-state index is 0.391. The van der Waals surface area contributed by atoms with Gasteiger partial charge in [-0.1, -0.05) is 27.5 Å². The first-order valence-electron chi connectivity index (χ1n) is 5.46. The van der Waals surface area contributed by atoms with Crippen molar-refractivity contribution >= 4 is 27.5 Å². The van der Waals surface area contributed by atoms with Crippen LogP contribution in [0.2, 0.25) is 5.02 Å². The number of aromatic nitrogens is 2. The number of hydrogen-bond acceptors (Lipinski definition) is 1. The van der Waals surface area contributed by atoms with Crippen molar-refractivity contribution in [1.82, 2.24) is 9.78 Å². The first-order valence-corrected chi connectivity index (χ1v) is 6.76. The zero-order valence-corrected chi connectivity index (χ0v) is 11.4. The van der Waals surface area contributed by atoms with Crippen LogP contribution in [0, 0.1) is 0 Å². The summed E-state index contributed by atoms with van der Waals surface area (Å²) in [6, 6.07) is 0.391. The van der Waals surface area contributed by atoms with Crippen molar-refractivity contribution in [3.63, 3.8) is 0 Å². The van der Waals surface area contributed by atoms with Crippen LogP contribution in [0.25, 0.3) is 0 Å². The maximum atomic E-state index is 6.22. The molecule has 1 aromatic rings. The van der Waals surface area contributed by atoms with Crippen LogP contribution in [-0.2, 0) is 0 Å². The molecule has 0 radical (unpaired) electrons. The van der Waals surface area contributed by atoms with Crippen LogP contribution in [0.4, 0.5) is 0 Å². The second-order valence-electron chi connectivity index (χ2n) is 4.52. The van der Waals surface area contributed by atoms with E-state index >= 15 is 0 Å². The zero-order chi connectivity index (χ0) is 11.0. The van der Waals surface area contributed by atoms with Gasteiger partial charge in [-0.2, -0.15) is 5.10 Å². The molecule has 0 N–H and O–H groups in total. The van der Waals surface area contributed by atoms with Gasteiger partial charge in [-0.3, -0.25) is 4.68 Å². The highest BCUT2D eigenvalue weighted by molar-refractivity contribution is 9.09. The molecule has 2 unspecified atom stereocenters. The third kappa shape index (κ3) is 2.23. The van der Waals surface area contributed by atoms with E-state index in [1.807, 2.05) is 0 Å². The SMILES string of the molecule is CC(C)n1ncc(Cl)c1C1CCC(Br)C1. The molecular weight excluding hydrogens is 275 g/mol. The summed E-state index contributed by atoms with van der Waals surface area (Å²) in [5.74, 6) is 0.576. The third-order valence-electron chi connectivity index (χ3n) is 3.03. The number of hydrogen-bond donors (Lipinski definition) is 0. The Hall–Kier alpha value is -0.0200. The van der Waals surface area contributed by atoms with E-state index in [-0.39, 0.29) is 0 Å². The van der Waals surface area contributed by atoms with E-state index in [1.54, 1.807) is 6.20 Å². The van der Waals surface area contributed by atoms with E-state index in [2.05, 4.69) is 39.6 Å². The second-order valence-corrected chi connectivity index (χ2v) is 6.23. The molecule has 0 saturated heterocycles. The summed E-state index contributed by atoms with van der Waals surface area (Å²) in [6.45, 7) is 4.29. The number of rotatable bonds is 2. The topological polar surface area (TPSA) is 17.8 Å². The monoisotopic (exact) mass is 290 g/mol. The summed E-state index contributed by atoms with van der Waals surface area (Å²) in [6.07, 6.45) is 5.41. The van der Waals surface area contributed by atoms with E-state index in [0.29, 0.717) is 16.8 Å². The summed E-state index contributed by atoms with van der Waals surface area (Å²) in [5.41, 5.74) is 1.23. The fraction of sp³-hybridized carbons (Fsp3) is 0.727. The molecule has 1 aliphatic rings. The molecule has 1 fully saturated rings. The fourth-order valence-corrected chi connectivity index (χ4v) is 3.32. The van der Waals surface area contributed by atoms with Crippen molar-refractivity contribution in [3.05, 3.63) is 16.9 Å². The van der Waals surface area contributed by atoms with Crippen LogP contribution in [0.3, 0.4) is 0 Å². The Labute approximate surface area is 104 Å². The Morgan fingerprint density at radius 1 is 1.53 bits per heavy atom. The normalized spacial score (nSPS) is 26.5. The van der Waals surface area contributed by atoms with Crippen LogP contribution in [0.5, 0.6) is 0 Å². The largest absolute Gasteiger partial charge is 0.265 e. The highest BCUT2D eigenvalue weighted by atomic mass is 79.9. The lowest BCUT2D eigenvalue weighted by molar-refractivity contribution is 0.485. The summed E-state index contributed by atoms with van der Waals surface area (Å²) in [4.78, 5) is 0.647. The Morgan fingerprint density at radius 3 is 2.80 bits per heavy atom. The minimum absolute atomic E-state index is 0.391. The Morgan fingerprint density at radius 2 is 2.27 bits per heavy atom. The lowest BCUT2D eigenvalue weighted by Gasteiger charge is -2.16. The standard InChI is InChI=1S/C11H16BrClN2/c1-7(2)15-11(10(13)6-14-15)8-3-4-9(12)5-8/h6-9H,3-5H2,1-2H3. The van der Waals surface area contributed by atoms with Gasteiger partial charge in [-0.15, -0.1) is 0 Å². The molecule has 1 aliphatic carbocycles. The van der Waals surface area contributed by atoms with Gasteiger partial charge in [-0.25, -0.2) is 0 Å². The highest BCUT2D eigenvalue weighted by Gasteiger charge is 2.29. The first-order chi connectivity index (χ1) is 7.09. The molecule has 0 aromatic carbocycles. The minimum Gasteiger partial charge on any atom is -0.265 e. The van der Waals surface area contributed by atoms with E-state index in [9.17, 15) is 0 Å². The predicted octanol–water partition coefficient (Wildman–Crippen LogP) is 4.15. The van der Waals surface area contributed by atoms with Gasteiger partial charge in [0.25, 0.3) is 0 Å². The van der Waals surface area contributed by atoms with Crippen LogP contribution in [0.1, 0.15) is 50.8 Å². The first kappa shape index (κ1) is 11.5. The van der Waals surface area contributed by atoms with E-state index in [0.717, 1.165) is 5.02 Å². The quantitative estimate of drug-likeness (QED) is 0.749. The van der Waals surface area contributed by atoms with Gasteiger partial charge in [0.05, 0.1) is 16.9 Å². The Balaban J connectivity index is 2.30. The molecule has 4 heteroatoms. The van der Waals surface area contributed by atoms with Gasteiger partial charge in [0, 0.05) is 16.8 Å². The predicted molar refractivity (Wildman–Crippen MR) is 66.9 cm³/mol. The summed E-state index contributed by atoms with van der Waals surface area (Å²) in [5, 5.41) is 5.18. The molecule has 0 bridgehead atoms. The smallest absolute Gasteiger partial charge is 0.0820 e. The lowest BCUT2D eigenvalue weighted by atomic mass is 10.0. The van der Waals surface area contributed by atoms with Gasteiger partial charge in [0.2, 0.25) is 0 Å². The number of alkyl halides is 1. The number of nitrogens with zero attached hydrogens (tertiary/aromatic N) is 2. The van der Waals surface area contributed by atoms with Crippen LogP contribution < -0.4 is 0 Å². The Bertz CT molecular complexity index is 348. The van der Waals surface area contributed by atoms with Crippen LogP contribution in [-0.4, -0.2) is 14.6 Å². The number of halogens is 2. The van der Waals surface area contributed by atoms with E-state index in [4.69, 9.17) is 11.6 Å². The van der Waals surface area contributed by atoms with Crippen molar-refractivity contribution in [2.24, 2.45) is 0 Å². The van der Waals surface area contributed by atoms with Crippen molar-refractivity contribution < 1.29 is 0 Å². The lowest BCUT2D eigenvalue weighted by Crippen LogP contribution is -2.10. The van der Waals surface area contributed by atoms with Crippen molar-refractivity contribution in [2.45, 2.75) is 49.9 Å². The molecule has 2 atom stereocenters. The van der Waals surface area contributed by atoms with Gasteiger partial charge in [0.15, 0.2) is 0 Å². The maximum absolute atomic E-state index is 6.22. The summed E-state index contributed by atoms with van der Waals surface area (Å²) in [7, 11) is 0. The van der Waals surface area contributed by atoms with Gasteiger partial charge < -0.3 is 0 Å². The molecule has 0 spiro atoms. The molecule has 1 heterocycles. The van der Waals surface area contributed by atoms with Crippen LogP contribution in [0.15, 0.2) is 6.20 Å². The van der Waals surface area contributed by atoms with Crippen molar-refractivity contribution in [1.29, 1.82) is 0 Å². The van der Waals surface area contributed by atoms with Gasteiger partial charge >= 0.3 is 0 Å². The maximum Gasteiger partial charge on any atom is 0.0820 e. The molecule has 1 saturated carbocycles. The van der Waals surface area contributed by atoms with Crippen LogP contribution >= 0.6 is 27.5 Å². The summed E-state index contributed by atoms with van der Waals surface area (Å²) < 4.78 is 2.07. The van der Waals surface area contributed by atoms with Gasteiger partial charge in [0.1, 0.15) is 0 Å².